The summed E-state index contributed by atoms with van der Waals surface area (Å²) in [5, 5.41) is 16.7. The SMILES string of the molecule is COc1cc([N+](=O)[O-])ccc1NC(=O)[C@H](C)Nc1ccc(C)cc1C. The first-order valence-electron chi connectivity index (χ1n) is 7.79. The molecule has 0 heterocycles. The van der Waals surface area contributed by atoms with Gasteiger partial charge in [0.15, 0.2) is 0 Å². The van der Waals surface area contributed by atoms with E-state index in [1.165, 1.54) is 25.3 Å². The number of aryl methyl sites for hydroxylation is 2. The molecule has 0 aliphatic carbocycles. The molecule has 2 rings (SSSR count). The Kier molecular flexibility index (Phi) is 5.59. The molecule has 0 aromatic heterocycles. The summed E-state index contributed by atoms with van der Waals surface area (Å²) in [7, 11) is 1.39. The fourth-order valence-corrected chi connectivity index (χ4v) is 2.41. The second kappa shape index (κ2) is 7.65. The number of carbonyl (C=O) groups excluding carboxylic acids is 1. The van der Waals surface area contributed by atoms with Crippen molar-refractivity contribution in [3.63, 3.8) is 0 Å². The highest BCUT2D eigenvalue weighted by atomic mass is 16.6. The van der Waals surface area contributed by atoms with Crippen LogP contribution in [0.1, 0.15) is 18.1 Å². The summed E-state index contributed by atoms with van der Waals surface area (Å²) in [5.41, 5.74) is 3.36. The predicted molar refractivity (Wildman–Crippen MR) is 97.3 cm³/mol. The van der Waals surface area contributed by atoms with E-state index < -0.39 is 11.0 Å². The number of rotatable bonds is 6. The van der Waals surface area contributed by atoms with E-state index in [0.29, 0.717) is 5.69 Å². The van der Waals surface area contributed by atoms with Gasteiger partial charge in [-0.25, -0.2) is 0 Å². The van der Waals surface area contributed by atoms with Crippen molar-refractivity contribution in [1.29, 1.82) is 0 Å². The van der Waals surface area contributed by atoms with Crippen molar-refractivity contribution < 1.29 is 14.5 Å². The maximum absolute atomic E-state index is 12.4. The van der Waals surface area contributed by atoms with E-state index >= 15 is 0 Å². The molecule has 0 fully saturated rings. The average Bonchev–Trinajstić information content (AvgIpc) is 2.57. The number of methoxy groups -OCH3 is 1. The van der Waals surface area contributed by atoms with Crippen LogP contribution in [-0.4, -0.2) is 24.0 Å². The van der Waals surface area contributed by atoms with Crippen LogP contribution < -0.4 is 15.4 Å². The second-order valence-corrected chi connectivity index (χ2v) is 5.82. The van der Waals surface area contributed by atoms with Crippen molar-refractivity contribution in [1.82, 2.24) is 0 Å². The zero-order valence-electron chi connectivity index (χ0n) is 14.6. The highest BCUT2D eigenvalue weighted by Crippen LogP contribution is 2.29. The molecule has 0 radical (unpaired) electrons. The molecule has 2 aromatic carbocycles. The van der Waals surface area contributed by atoms with E-state index in [0.717, 1.165) is 16.8 Å². The lowest BCUT2D eigenvalue weighted by atomic mass is 10.1. The Labute approximate surface area is 146 Å². The topological polar surface area (TPSA) is 93.5 Å². The highest BCUT2D eigenvalue weighted by Gasteiger charge is 2.17. The maximum atomic E-state index is 12.4. The Bertz CT molecular complexity index is 805. The number of nitro benzene ring substituents is 1. The summed E-state index contributed by atoms with van der Waals surface area (Å²) in [6.45, 7) is 5.72. The zero-order chi connectivity index (χ0) is 18.6. The molecule has 0 saturated carbocycles. The van der Waals surface area contributed by atoms with Gasteiger partial charge < -0.3 is 15.4 Å². The molecule has 0 unspecified atom stereocenters. The van der Waals surface area contributed by atoms with Crippen LogP contribution in [0.15, 0.2) is 36.4 Å². The number of hydrogen-bond acceptors (Lipinski definition) is 5. The van der Waals surface area contributed by atoms with Gasteiger partial charge in [0.25, 0.3) is 5.69 Å². The molecule has 7 heteroatoms. The van der Waals surface area contributed by atoms with Gasteiger partial charge in [0.1, 0.15) is 11.8 Å². The molecular weight excluding hydrogens is 322 g/mol. The van der Waals surface area contributed by atoms with Gasteiger partial charge >= 0.3 is 0 Å². The second-order valence-electron chi connectivity index (χ2n) is 5.82. The number of ether oxygens (including phenoxy) is 1. The Morgan fingerprint density at radius 1 is 1.16 bits per heavy atom. The molecule has 1 atom stereocenters. The van der Waals surface area contributed by atoms with Gasteiger partial charge in [-0.2, -0.15) is 0 Å². The van der Waals surface area contributed by atoms with E-state index in [1.807, 2.05) is 32.0 Å². The minimum absolute atomic E-state index is 0.101. The predicted octanol–water partition coefficient (Wildman–Crippen LogP) is 3.66. The van der Waals surface area contributed by atoms with Gasteiger partial charge in [0, 0.05) is 11.8 Å². The van der Waals surface area contributed by atoms with Crippen LogP contribution in [-0.2, 0) is 4.79 Å². The number of non-ortho nitro benzene ring substituents is 1. The number of amides is 1. The van der Waals surface area contributed by atoms with Gasteiger partial charge in [-0.05, 0) is 38.5 Å². The molecule has 132 valence electrons. The van der Waals surface area contributed by atoms with E-state index in [2.05, 4.69) is 10.6 Å². The van der Waals surface area contributed by atoms with E-state index in [-0.39, 0.29) is 17.3 Å². The maximum Gasteiger partial charge on any atom is 0.273 e. The van der Waals surface area contributed by atoms with E-state index in [1.54, 1.807) is 6.92 Å². The lowest BCUT2D eigenvalue weighted by Gasteiger charge is -2.18. The Hall–Kier alpha value is -3.09. The number of nitrogens with one attached hydrogen (secondary N) is 2. The van der Waals surface area contributed by atoms with Crippen molar-refractivity contribution in [3.8, 4) is 5.75 Å². The molecule has 1 amide bonds. The summed E-state index contributed by atoms with van der Waals surface area (Å²) in [6, 6.07) is 9.49. The number of carbonyl (C=O) groups is 1. The van der Waals surface area contributed by atoms with Crippen LogP contribution >= 0.6 is 0 Å². The summed E-state index contributed by atoms with van der Waals surface area (Å²) in [4.78, 5) is 22.7. The third-order valence-electron chi connectivity index (χ3n) is 3.80. The van der Waals surface area contributed by atoms with E-state index in [9.17, 15) is 14.9 Å². The average molecular weight is 343 g/mol. The third-order valence-corrected chi connectivity index (χ3v) is 3.80. The number of benzene rings is 2. The molecule has 0 bridgehead atoms. The minimum Gasteiger partial charge on any atom is -0.494 e. The first-order chi connectivity index (χ1) is 11.8. The van der Waals surface area contributed by atoms with Crippen LogP contribution in [0, 0.1) is 24.0 Å². The molecular formula is C18H21N3O4. The van der Waals surface area contributed by atoms with Crippen molar-refractivity contribution in [2.45, 2.75) is 26.8 Å². The first-order valence-corrected chi connectivity index (χ1v) is 7.79. The smallest absolute Gasteiger partial charge is 0.273 e. The Morgan fingerprint density at radius 3 is 2.44 bits per heavy atom. The molecule has 0 spiro atoms. The van der Waals surface area contributed by atoms with Crippen LogP contribution in [0.5, 0.6) is 5.75 Å². The molecule has 25 heavy (non-hydrogen) atoms. The number of hydrogen-bond donors (Lipinski definition) is 2. The van der Waals surface area contributed by atoms with Crippen molar-refractivity contribution >= 4 is 23.0 Å². The standard InChI is InChI=1S/C18H21N3O4/c1-11-5-7-15(12(2)9-11)19-13(3)18(22)20-16-8-6-14(21(23)24)10-17(16)25-4/h5-10,13,19H,1-4H3,(H,20,22)/t13-/m0/s1. The summed E-state index contributed by atoms with van der Waals surface area (Å²) in [5.74, 6) is -0.0339. The quantitative estimate of drug-likeness (QED) is 0.617. The lowest BCUT2D eigenvalue weighted by Crippen LogP contribution is -2.32. The summed E-state index contributed by atoms with van der Waals surface area (Å²) in [6.07, 6.45) is 0. The number of nitrogens with zero attached hydrogens (tertiary/aromatic N) is 1. The van der Waals surface area contributed by atoms with Gasteiger partial charge in [-0.15, -0.1) is 0 Å². The highest BCUT2D eigenvalue weighted by molar-refractivity contribution is 5.97. The molecule has 0 saturated heterocycles. The van der Waals surface area contributed by atoms with Crippen molar-refractivity contribution in [2.75, 3.05) is 17.7 Å². The summed E-state index contributed by atoms with van der Waals surface area (Å²) < 4.78 is 5.13. The number of anilines is 2. The van der Waals surface area contributed by atoms with Gasteiger partial charge in [0.05, 0.1) is 23.8 Å². The Balaban J connectivity index is 2.11. The monoisotopic (exact) mass is 343 g/mol. The van der Waals surface area contributed by atoms with Gasteiger partial charge in [-0.1, -0.05) is 17.7 Å². The fraction of sp³-hybridized carbons (Fsp3) is 0.278. The minimum atomic E-state index is -0.515. The molecule has 0 aliphatic heterocycles. The van der Waals surface area contributed by atoms with E-state index in [4.69, 9.17) is 4.74 Å². The van der Waals surface area contributed by atoms with Gasteiger partial charge in [-0.3, -0.25) is 14.9 Å². The van der Waals surface area contributed by atoms with Crippen molar-refractivity contribution in [2.24, 2.45) is 0 Å². The number of nitro groups is 1. The van der Waals surface area contributed by atoms with Crippen LogP contribution in [0.4, 0.5) is 17.1 Å². The lowest BCUT2D eigenvalue weighted by molar-refractivity contribution is -0.384. The Morgan fingerprint density at radius 2 is 1.84 bits per heavy atom. The first kappa shape index (κ1) is 18.3. The van der Waals surface area contributed by atoms with Gasteiger partial charge in [0.2, 0.25) is 5.91 Å². The van der Waals surface area contributed by atoms with Crippen LogP contribution in [0.25, 0.3) is 0 Å². The summed E-state index contributed by atoms with van der Waals surface area (Å²) >= 11 is 0. The third kappa shape index (κ3) is 4.47. The normalized spacial score (nSPS) is 11.5. The zero-order valence-corrected chi connectivity index (χ0v) is 14.6. The van der Waals surface area contributed by atoms with Crippen LogP contribution in [0.3, 0.4) is 0 Å². The molecule has 7 nitrogen and oxygen atoms in total. The largest absolute Gasteiger partial charge is 0.494 e. The van der Waals surface area contributed by atoms with Crippen LogP contribution in [0.2, 0.25) is 0 Å². The molecule has 0 aliphatic rings. The molecule has 2 N–H and O–H groups in total. The fourth-order valence-electron chi connectivity index (χ4n) is 2.41. The van der Waals surface area contributed by atoms with Crippen molar-refractivity contribution in [3.05, 3.63) is 57.6 Å². The molecule has 2 aromatic rings.